The van der Waals surface area contributed by atoms with E-state index in [9.17, 15) is 0 Å². The number of rotatable bonds is 2. The highest BCUT2D eigenvalue weighted by Gasteiger charge is 2.40. The Bertz CT molecular complexity index is 525. The fourth-order valence-corrected chi connectivity index (χ4v) is 2.71. The molecule has 1 aliphatic carbocycles. The highest BCUT2D eigenvalue weighted by atomic mass is 15.0. The van der Waals surface area contributed by atoms with Gasteiger partial charge in [0, 0.05) is 7.05 Å². The van der Waals surface area contributed by atoms with Gasteiger partial charge < -0.3 is 4.57 Å². The molecule has 1 aliphatic rings. The molecule has 3 rings (SSSR count). The third kappa shape index (κ3) is 1.44. The van der Waals surface area contributed by atoms with E-state index in [0.29, 0.717) is 0 Å². The molecule has 0 spiro atoms. The van der Waals surface area contributed by atoms with Gasteiger partial charge in [-0.3, -0.25) is 0 Å². The molecule has 1 heterocycles. The first-order valence-electron chi connectivity index (χ1n) is 6.08. The highest BCUT2D eigenvalue weighted by Crippen LogP contribution is 2.51. The van der Waals surface area contributed by atoms with Gasteiger partial charge in [0.2, 0.25) is 0 Å². The van der Waals surface area contributed by atoms with Gasteiger partial charge >= 0.3 is 0 Å². The molecule has 0 saturated heterocycles. The van der Waals surface area contributed by atoms with Crippen molar-refractivity contribution in [3.05, 3.63) is 30.1 Å². The van der Waals surface area contributed by atoms with E-state index < -0.39 is 0 Å². The number of aromatic nitrogens is 2. The number of fused-ring (bicyclic) bond motifs is 1. The number of hydrogen-bond donors (Lipinski definition) is 0. The van der Waals surface area contributed by atoms with Crippen molar-refractivity contribution in [1.29, 1.82) is 0 Å². The van der Waals surface area contributed by atoms with Gasteiger partial charge in [-0.2, -0.15) is 0 Å². The Labute approximate surface area is 96.3 Å². The maximum atomic E-state index is 4.36. The molecular formula is C14H18N2. The van der Waals surface area contributed by atoms with Crippen LogP contribution >= 0.6 is 0 Å². The molecule has 1 aromatic heterocycles. The van der Waals surface area contributed by atoms with Crippen LogP contribution in [0.4, 0.5) is 0 Å². The zero-order chi connectivity index (χ0) is 11.3. The van der Waals surface area contributed by atoms with Gasteiger partial charge in [-0.05, 0) is 41.9 Å². The average Bonchev–Trinajstić information content (AvgIpc) is 2.99. The summed E-state index contributed by atoms with van der Waals surface area (Å²) in [6, 6.07) is 6.72. The highest BCUT2D eigenvalue weighted by molar-refractivity contribution is 5.76. The van der Waals surface area contributed by atoms with E-state index >= 15 is 0 Å². The Morgan fingerprint density at radius 2 is 2.19 bits per heavy atom. The topological polar surface area (TPSA) is 17.8 Å². The molecule has 0 radical (unpaired) electrons. The molecule has 2 aromatic rings. The van der Waals surface area contributed by atoms with Gasteiger partial charge in [0.25, 0.3) is 0 Å². The van der Waals surface area contributed by atoms with Crippen LogP contribution < -0.4 is 0 Å². The summed E-state index contributed by atoms with van der Waals surface area (Å²) in [5.41, 5.74) is 3.86. The Hall–Kier alpha value is -1.31. The summed E-state index contributed by atoms with van der Waals surface area (Å²) < 4.78 is 2.10. The smallest absolute Gasteiger partial charge is 0.0955 e. The van der Waals surface area contributed by atoms with Crippen LogP contribution in [0.25, 0.3) is 11.0 Å². The molecule has 0 amide bonds. The van der Waals surface area contributed by atoms with Crippen molar-refractivity contribution >= 4 is 11.0 Å². The molecule has 0 aliphatic heterocycles. The second-order valence-corrected chi connectivity index (χ2v) is 5.35. The number of nitrogens with zero attached hydrogens (tertiary/aromatic N) is 2. The lowest BCUT2D eigenvalue weighted by molar-refractivity contribution is 0.549. The lowest BCUT2D eigenvalue weighted by atomic mass is 10.0. The predicted octanol–water partition coefficient (Wildman–Crippen LogP) is 3.33. The minimum absolute atomic E-state index is 0.791. The van der Waals surface area contributed by atoms with Gasteiger partial charge in [-0.15, -0.1) is 0 Å². The summed E-state index contributed by atoms with van der Waals surface area (Å²) in [7, 11) is 2.06. The summed E-state index contributed by atoms with van der Waals surface area (Å²) in [6.07, 6.45) is 3.25. The van der Waals surface area contributed by atoms with E-state index in [1.165, 1.54) is 17.5 Å². The third-order valence-electron chi connectivity index (χ3n) is 3.87. The van der Waals surface area contributed by atoms with Crippen LogP contribution in [0.15, 0.2) is 24.5 Å². The number of benzene rings is 1. The minimum Gasteiger partial charge on any atom is -0.334 e. The summed E-state index contributed by atoms with van der Waals surface area (Å²) in [6.45, 7) is 4.65. The Kier molecular flexibility index (Phi) is 2.06. The molecule has 0 N–H and O–H groups in total. The molecule has 16 heavy (non-hydrogen) atoms. The first-order valence-corrected chi connectivity index (χ1v) is 6.08. The molecule has 2 atom stereocenters. The van der Waals surface area contributed by atoms with Crippen LogP contribution in [0, 0.1) is 11.8 Å². The number of imidazole rings is 1. The van der Waals surface area contributed by atoms with E-state index in [2.05, 4.69) is 48.6 Å². The van der Waals surface area contributed by atoms with E-state index in [1.807, 2.05) is 6.33 Å². The molecular weight excluding hydrogens is 196 g/mol. The van der Waals surface area contributed by atoms with Crippen LogP contribution in [-0.4, -0.2) is 9.55 Å². The average molecular weight is 214 g/mol. The Morgan fingerprint density at radius 3 is 2.88 bits per heavy atom. The normalized spacial score (nSPS) is 24.2. The summed E-state index contributed by atoms with van der Waals surface area (Å²) in [4.78, 5) is 4.36. The van der Waals surface area contributed by atoms with E-state index in [0.717, 1.165) is 23.3 Å². The van der Waals surface area contributed by atoms with Crippen molar-refractivity contribution in [2.75, 3.05) is 0 Å². The summed E-state index contributed by atoms with van der Waals surface area (Å²) in [5, 5.41) is 0. The van der Waals surface area contributed by atoms with Gasteiger partial charge in [-0.1, -0.05) is 19.9 Å². The third-order valence-corrected chi connectivity index (χ3v) is 3.87. The van der Waals surface area contributed by atoms with E-state index in [1.54, 1.807) is 0 Å². The second kappa shape index (κ2) is 3.34. The molecule has 1 saturated carbocycles. The fraction of sp³-hybridized carbons (Fsp3) is 0.500. The lowest BCUT2D eigenvalue weighted by Gasteiger charge is -2.04. The van der Waals surface area contributed by atoms with Gasteiger partial charge in [0.1, 0.15) is 0 Å². The maximum absolute atomic E-state index is 4.36. The van der Waals surface area contributed by atoms with Crippen molar-refractivity contribution in [1.82, 2.24) is 9.55 Å². The first-order chi connectivity index (χ1) is 7.66. The van der Waals surface area contributed by atoms with Gasteiger partial charge in [-0.25, -0.2) is 4.98 Å². The quantitative estimate of drug-likeness (QED) is 0.749. The van der Waals surface area contributed by atoms with E-state index in [4.69, 9.17) is 0 Å². The van der Waals surface area contributed by atoms with Crippen molar-refractivity contribution in [2.45, 2.75) is 26.2 Å². The van der Waals surface area contributed by atoms with Crippen molar-refractivity contribution < 1.29 is 0 Å². The Balaban J connectivity index is 1.97. The first kappa shape index (κ1) is 9.88. The molecule has 1 unspecified atom stereocenters. The lowest BCUT2D eigenvalue weighted by Crippen LogP contribution is -1.93. The molecule has 2 heteroatoms. The largest absolute Gasteiger partial charge is 0.334 e. The zero-order valence-electron chi connectivity index (χ0n) is 10.1. The molecule has 0 bridgehead atoms. The van der Waals surface area contributed by atoms with Crippen LogP contribution in [0.5, 0.6) is 0 Å². The van der Waals surface area contributed by atoms with Crippen molar-refractivity contribution in [2.24, 2.45) is 18.9 Å². The van der Waals surface area contributed by atoms with E-state index in [-0.39, 0.29) is 0 Å². The van der Waals surface area contributed by atoms with Crippen LogP contribution in [-0.2, 0) is 7.05 Å². The molecule has 2 nitrogen and oxygen atoms in total. The molecule has 1 aromatic carbocycles. The Morgan fingerprint density at radius 1 is 1.38 bits per heavy atom. The van der Waals surface area contributed by atoms with Crippen molar-refractivity contribution in [3.63, 3.8) is 0 Å². The summed E-state index contributed by atoms with van der Waals surface area (Å²) >= 11 is 0. The second-order valence-electron chi connectivity index (χ2n) is 5.35. The summed E-state index contributed by atoms with van der Waals surface area (Å²) in [5.74, 6) is 2.50. The van der Waals surface area contributed by atoms with Crippen LogP contribution in [0.3, 0.4) is 0 Å². The molecule has 1 fully saturated rings. The predicted molar refractivity (Wildman–Crippen MR) is 66.4 cm³/mol. The minimum atomic E-state index is 0.791. The monoisotopic (exact) mass is 214 g/mol. The standard InChI is InChI=1S/C14H18N2/c1-9(2)11-7-12(11)10-4-5-13-14(6-10)16(3)8-15-13/h4-6,8-9,11-12H,7H2,1-3H3/t11?,12-/m1/s1. The zero-order valence-corrected chi connectivity index (χ0v) is 10.1. The number of aryl methyl sites for hydroxylation is 1. The number of hydrogen-bond acceptors (Lipinski definition) is 1. The van der Waals surface area contributed by atoms with Gasteiger partial charge in [0.05, 0.1) is 17.4 Å². The fourth-order valence-electron chi connectivity index (χ4n) is 2.71. The maximum Gasteiger partial charge on any atom is 0.0955 e. The van der Waals surface area contributed by atoms with Crippen LogP contribution in [0.2, 0.25) is 0 Å². The molecule has 84 valence electrons. The van der Waals surface area contributed by atoms with Crippen LogP contribution in [0.1, 0.15) is 31.7 Å². The SMILES string of the molecule is CC(C)C1C[C@@H]1c1ccc2ncn(C)c2c1. The van der Waals surface area contributed by atoms with Crippen molar-refractivity contribution in [3.8, 4) is 0 Å². The van der Waals surface area contributed by atoms with Gasteiger partial charge in [0.15, 0.2) is 0 Å².